The molecule has 3 rings (SSSR count). The smallest absolute Gasteiger partial charge is 0.165 e. The largest absolute Gasteiger partial charge is 0.349 e. The summed E-state index contributed by atoms with van der Waals surface area (Å²) in [7, 11) is -0.727. The molecule has 0 saturated heterocycles. The summed E-state index contributed by atoms with van der Waals surface area (Å²) in [6.45, 7) is 4.57. The number of unbranched alkanes of at least 4 members (excludes halogenated alkanes) is 1. The average molecular weight is 322 g/mol. The first-order chi connectivity index (χ1) is 10.3. The number of thiophene rings is 1. The first-order valence-corrected chi connectivity index (χ1v) is 10.1. The average Bonchev–Trinajstić information content (AvgIpc) is 3.13. The number of carbonyl (C=O) groups is 1. The second-order valence-corrected chi connectivity index (χ2v) is 8.70. The number of nitrogens with one attached hydrogen (secondary N) is 1. The molecule has 0 radical (unpaired) electrons. The van der Waals surface area contributed by atoms with E-state index in [1.807, 2.05) is 11.3 Å². The molecule has 0 aromatic carbocycles. The van der Waals surface area contributed by atoms with Gasteiger partial charge in [0.2, 0.25) is 0 Å². The van der Waals surface area contributed by atoms with E-state index in [1.165, 1.54) is 52.8 Å². The van der Waals surface area contributed by atoms with Gasteiger partial charge in [0.1, 0.15) is 0 Å². The summed E-state index contributed by atoms with van der Waals surface area (Å²) in [5, 5.41) is 3.20. The number of fused-ring (bicyclic) bond motifs is 3. The minimum Gasteiger partial charge on any atom is -0.349 e. The molecule has 2 unspecified atom stereocenters. The lowest BCUT2D eigenvalue weighted by atomic mass is 9.95. The maximum Gasteiger partial charge on any atom is 0.165 e. The lowest BCUT2D eigenvalue weighted by Gasteiger charge is -2.12. The number of hydrogen-bond donors (Lipinski definition) is 2. The number of aromatic amines is 1. The zero-order valence-corrected chi connectivity index (χ0v) is 14.4. The Labute approximate surface area is 133 Å². The van der Waals surface area contributed by atoms with Crippen molar-refractivity contribution in [2.75, 3.05) is 0 Å². The summed E-state index contributed by atoms with van der Waals surface area (Å²) in [6, 6.07) is 2.30. The van der Waals surface area contributed by atoms with Gasteiger partial charge in [-0.25, -0.2) is 0 Å². The van der Waals surface area contributed by atoms with Crippen LogP contribution in [-0.2, 0) is 11.2 Å². The first kappa shape index (κ1) is 14.9. The Hall–Kier alpha value is -1.00. The van der Waals surface area contributed by atoms with Crippen molar-refractivity contribution in [2.45, 2.75) is 51.0 Å². The van der Waals surface area contributed by atoms with Gasteiger partial charge in [0.05, 0.1) is 15.2 Å². The summed E-state index contributed by atoms with van der Waals surface area (Å²) in [4.78, 5) is 16.0. The van der Waals surface area contributed by atoms with E-state index in [4.69, 9.17) is 0 Å². The van der Waals surface area contributed by atoms with E-state index in [9.17, 15) is 4.79 Å². The molecule has 21 heavy (non-hydrogen) atoms. The molecule has 0 aliphatic carbocycles. The minimum absolute atomic E-state index is 0.727. The van der Waals surface area contributed by atoms with E-state index in [0.717, 1.165) is 16.6 Å². The van der Waals surface area contributed by atoms with Crippen LogP contribution in [0.15, 0.2) is 16.5 Å². The van der Waals surface area contributed by atoms with E-state index in [-0.39, 0.29) is 0 Å². The van der Waals surface area contributed by atoms with E-state index >= 15 is 0 Å². The topological polar surface area (TPSA) is 32.9 Å². The SMILES string of the molecule is CCCCC(CC)Cc1cc2[nH]c3c(c2s1)C=C[SH]3C=O. The predicted octanol–water partition coefficient (Wildman–Crippen LogP) is 5.52. The maximum atomic E-state index is 11.1. The Balaban J connectivity index is 1.81. The number of thiol groups is 1. The molecule has 2 aromatic heterocycles. The van der Waals surface area contributed by atoms with Gasteiger partial charge < -0.3 is 4.98 Å². The van der Waals surface area contributed by atoms with Gasteiger partial charge in [0.25, 0.3) is 0 Å². The summed E-state index contributed by atoms with van der Waals surface area (Å²) < 4.78 is 1.34. The monoisotopic (exact) mass is 321 g/mol. The van der Waals surface area contributed by atoms with E-state index in [1.54, 1.807) is 0 Å². The molecule has 0 bridgehead atoms. The fourth-order valence-electron chi connectivity index (χ4n) is 3.04. The third kappa shape index (κ3) is 2.84. The highest BCUT2D eigenvalue weighted by molar-refractivity contribution is 8.31. The second-order valence-electron chi connectivity index (χ2n) is 5.79. The highest BCUT2D eigenvalue weighted by Crippen LogP contribution is 2.48. The molecule has 4 heteroatoms. The van der Waals surface area contributed by atoms with Crippen LogP contribution in [0.25, 0.3) is 16.3 Å². The molecule has 2 aromatic rings. The van der Waals surface area contributed by atoms with Gasteiger partial charge in [-0.05, 0) is 29.9 Å². The second kappa shape index (κ2) is 6.41. The van der Waals surface area contributed by atoms with Crippen LogP contribution in [0.1, 0.15) is 50.0 Å². The third-order valence-corrected chi connectivity index (χ3v) is 7.10. The van der Waals surface area contributed by atoms with Crippen molar-refractivity contribution in [3.05, 3.63) is 21.9 Å². The molecule has 2 atom stereocenters. The molecule has 0 spiro atoms. The number of hydrogen-bond acceptors (Lipinski definition) is 2. The highest BCUT2D eigenvalue weighted by Gasteiger charge is 2.21. The first-order valence-electron chi connectivity index (χ1n) is 7.83. The van der Waals surface area contributed by atoms with Crippen molar-refractivity contribution in [1.29, 1.82) is 0 Å². The van der Waals surface area contributed by atoms with Crippen molar-refractivity contribution in [1.82, 2.24) is 4.98 Å². The summed E-state index contributed by atoms with van der Waals surface area (Å²) >= 11 is 1.91. The molecule has 3 heterocycles. The molecule has 1 aliphatic rings. The van der Waals surface area contributed by atoms with Crippen LogP contribution in [-0.4, -0.2) is 10.6 Å². The minimum atomic E-state index is -0.727. The quantitative estimate of drug-likeness (QED) is 0.510. The molecule has 0 amide bonds. The van der Waals surface area contributed by atoms with Crippen molar-refractivity contribution in [2.24, 2.45) is 5.92 Å². The number of carbonyl (C=O) groups excluding carboxylic acids is 1. The molecule has 1 aliphatic heterocycles. The van der Waals surface area contributed by atoms with E-state index < -0.39 is 10.9 Å². The Bertz CT molecular complexity index is 668. The molecule has 114 valence electrons. The van der Waals surface area contributed by atoms with E-state index in [2.05, 4.69) is 36.4 Å². The molecular formula is C17H23NOS2. The van der Waals surface area contributed by atoms with Gasteiger partial charge in [0, 0.05) is 10.4 Å². The van der Waals surface area contributed by atoms with Crippen LogP contribution in [0.3, 0.4) is 0 Å². The van der Waals surface area contributed by atoms with E-state index in [0.29, 0.717) is 0 Å². The number of H-pyrrole nitrogens is 1. The van der Waals surface area contributed by atoms with Crippen LogP contribution in [0.5, 0.6) is 0 Å². The third-order valence-electron chi connectivity index (χ3n) is 4.34. The van der Waals surface area contributed by atoms with Crippen LogP contribution in [0.4, 0.5) is 0 Å². The fraction of sp³-hybridized carbons (Fsp3) is 0.471. The molecule has 0 fully saturated rings. The molecule has 1 N–H and O–H groups in total. The van der Waals surface area contributed by atoms with Crippen LogP contribution in [0.2, 0.25) is 0 Å². The van der Waals surface area contributed by atoms with Crippen molar-refractivity contribution >= 4 is 44.1 Å². The molecule has 2 nitrogen and oxygen atoms in total. The van der Waals surface area contributed by atoms with Crippen molar-refractivity contribution < 1.29 is 4.79 Å². The Kier molecular flexibility index (Phi) is 4.55. The van der Waals surface area contributed by atoms with Gasteiger partial charge in [-0.15, -0.1) is 22.2 Å². The zero-order valence-electron chi connectivity index (χ0n) is 12.7. The fourth-order valence-corrected chi connectivity index (χ4v) is 5.72. The predicted molar refractivity (Wildman–Crippen MR) is 96.2 cm³/mol. The summed E-state index contributed by atoms with van der Waals surface area (Å²) in [5.74, 6) is 0.809. The standard InChI is InChI=1S/C17H23NOS2/c1-3-5-6-12(4-2)9-13-10-15-16(20-13)14-7-8-21(11-19)17(14)18-15/h7-8,10-12,18,21H,3-6,9H2,1-2H3. The van der Waals surface area contributed by atoms with Gasteiger partial charge in [-0.3, -0.25) is 4.79 Å². The number of rotatable bonds is 7. The van der Waals surface area contributed by atoms with Gasteiger partial charge in [0.15, 0.2) is 5.62 Å². The van der Waals surface area contributed by atoms with Crippen molar-refractivity contribution in [3.8, 4) is 0 Å². The Morgan fingerprint density at radius 1 is 1.43 bits per heavy atom. The maximum absolute atomic E-state index is 11.1. The van der Waals surface area contributed by atoms with Crippen LogP contribution < -0.4 is 0 Å². The normalized spacial score (nSPS) is 20.0. The zero-order chi connectivity index (χ0) is 14.8. The summed E-state index contributed by atoms with van der Waals surface area (Å²) in [5.41, 5.74) is 3.57. The highest BCUT2D eigenvalue weighted by atomic mass is 32.2. The van der Waals surface area contributed by atoms with Crippen LogP contribution in [0, 0.1) is 5.92 Å². The Morgan fingerprint density at radius 2 is 2.29 bits per heavy atom. The summed E-state index contributed by atoms with van der Waals surface area (Å²) in [6.07, 6.45) is 8.56. The Morgan fingerprint density at radius 3 is 3.00 bits per heavy atom. The van der Waals surface area contributed by atoms with Gasteiger partial charge >= 0.3 is 0 Å². The van der Waals surface area contributed by atoms with Crippen LogP contribution >= 0.6 is 22.2 Å². The molecule has 0 saturated carbocycles. The lowest BCUT2D eigenvalue weighted by Crippen LogP contribution is -2.01. The lowest BCUT2D eigenvalue weighted by molar-refractivity contribution is 0.452. The van der Waals surface area contributed by atoms with Crippen molar-refractivity contribution in [3.63, 3.8) is 0 Å². The van der Waals surface area contributed by atoms with Gasteiger partial charge in [-0.1, -0.05) is 39.5 Å². The van der Waals surface area contributed by atoms with Gasteiger partial charge in [-0.2, -0.15) is 0 Å². The number of aromatic nitrogens is 1. The molecular weight excluding hydrogens is 298 g/mol.